The van der Waals surface area contributed by atoms with Gasteiger partial charge in [-0.3, -0.25) is 0 Å². The highest BCUT2D eigenvalue weighted by Crippen LogP contribution is 2.27. The van der Waals surface area contributed by atoms with Crippen LogP contribution in [0.4, 0.5) is 0 Å². The van der Waals surface area contributed by atoms with Crippen molar-refractivity contribution in [1.29, 1.82) is 0 Å². The van der Waals surface area contributed by atoms with E-state index >= 15 is 0 Å². The Morgan fingerprint density at radius 3 is 3.06 bits per heavy atom. The maximum atomic E-state index is 4.52. The minimum atomic E-state index is 0.964. The lowest BCUT2D eigenvalue weighted by Gasteiger charge is -2.22. The Bertz CT molecular complexity index is 364. The molecule has 2 aliphatic rings. The quantitative estimate of drug-likeness (QED) is 0.869. The zero-order valence-electron chi connectivity index (χ0n) is 10.6. The van der Waals surface area contributed by atoms with Crippen LogP contribution < -0.4 is 5.32 Å². The lowest BCUT2D eigenvalue weighted by molar-refractivity contribution is 0.322. The molecule has 0 atom stereocenters. The van der Waals surface area contributed by atoms with E-state index in [1.165, 1.54) is 56.5 Å². The van der Waals surface area contributed by atoms with Crippen molar-refractivity contribution in [3.63, 3.8) is 0 Å². The van der Waals surface area contributed by atoms with E-state index < -0.39 is 0 Å². The van der Waals surface area contributed by atoms with E-state index in [0.29, 0.717) is 0 Å². The molecule has 0 bridgehead atoms. The van der Waals surface area contributed by atoms with Crippen molar-refractivity contribution in [3.8, 4) is 0 Å². The zero-order valence-corrected chi connectivity index (χ0v) is 10.6. The van der Waals surface area contributed by atoms with Gasteiger partial charge in [0.1, 0.15) is 0 Å². The van der Waals surface area contributed by atoms with E-state index in [1.807, 2.05) is 0 Å². The lowest BCUT2D eigenvalue weighted by atomic mass is 9.87. The molecular weight excluding hydrogens is 210 g/mol. The Morgan fingerprint density at radius 2 is 2.18 bits per heavy atom. The first kappa shape index (κ1) is 11.3. The molecule has 1 aliphatic carbocycles. The van der Waals surface area contributed by atoms with Gasteiger partial charge in [-0.05, 0) is 12.3 Å². The summed E-state index contributed by atoms with van der Waals surface area (Å²) in [6.45, 7) is 3.26. The predicted octanol–water partition coefficient (Wildman–Crippen LogP) is 2.50. The van der Waals surface area contributed by atoms with E-state index in [9.17, 15) is 0 Å². The minimum absolute atomic E-state index is 0.964. The van der Waals surface area contributed by atoms with Crippen molar-refractivity contribution >= 4 is 0 Å². The highest BCUT2D eigenvalue weighted by molar-refractivity contribution is 5.16. The van der Waals surface area contributed by atoms with Gasteiger partial charge in [0.25, 0.3) is 0 Å². The van der Waals surface area contributed by atoms with Crippen molar-refractivity contribution in [2.45, 2.75) is 58.0 Å². The fourth-order valence-electron chi connectivity index (χ4n) is 3.29. The summed E-state index contributed by atoms with van der Waals surface area (Å²) in [7, 11) is 0. The van der Waals surface area contributed by atoms with Crippen LogP contribution >= 0.6 is 0 Å². The first-order chi connectivity index (χ1) is 8.43. The van der Waals surface area contributed by atoms with Crippen molar-refractivity contribution in [2.75, 3.05) is 6.54 Å². The third-order valence-corrected chi connectivity index (χ3v) is 4.37. The molecule has 1 N–H and O–H groups in total. The normalized spacial score (nSPS) is 21.4. The molecule has 0 amide bonds. The topological polar surface area (TPSA) is 29.9 Å². The molecule has 0 saturated heterocycles. The number of rotatable bonds is 3. The molecule has 2 heterocycles. The van der Waals surface area contributed by atoms with Crippen LogP contribution in [0.15, 0.2) is 6.33 Å². The van der Waals surface area contributed by atoms with Gasteiger partial charge >= 0.3 is 0 Å². The monoisotopic (exact) mass is 233 g/mol. The molecule has 1 fully saturated rings. The Hall–Kier alpha value is -0.830. The molecule has 17 heavy (non-hydrogen) atoms. The molecule has 3 rings (SSSR count). The van der Waals surface area contributed by atoms with E-state index in [1.54, 1.807) is 0 Å². The molecule has 1 saturated carbocycles. The summed E-state index contributed by atoms with van der Waals surface area (Å²) in [4.78, 5) is 4.52. The van der Waals surface area contributed by atoms with Crippen LogP contribution in [-0.2, 0) is 19.5 Å². The fourth-order valence-corrected chi connectivity index (χ4v) is 3.29. The summed E-state index contributed by atoms with van der Waals surface area (Å²) in [5, 5.41) is 3.38. The average molecular weight is 233 g/mol. The Morgan fingerprint density at radius 1 is 1.29 bits per heavy atom. The van der Waals surface area contributed by atoms with Gasteiger partial charge in [-0.2, -0.15) is 0 Å². The molecule has 0 radical (unpaired) electrons. The van der Waals surface area contributed by atoms with Crippen LogP contribution in [0.5, 0.6) is 0 Å². The third-order valence-electron chi connectivity index (χ3n) is 4.37. The second-order valence-corrected chi connectivity index (χ2v) is 5.55. The van der Waals surface area contributed by atoms with Crippen molar-refractivity contribution in [3.05, 3.63) is 17.7 Å². The van der Waals surface area contributed by atoms with Crippen LogP contribution in [-0.4, -0.2) is 16.1 Å². The third kappa shape index (κ3) is 2.54. The van der Waals surface area contributed by atoms with Crippen molar-refractivity contribution in [2.24, 2.45) is 5.92 Å². The maximum absolute atomic E-state index is 4.52. The molecule has 94 valence electrons. The highest BCUT2D eigenvalue weighted by atomic mass is 15.1. The van der Waals surface area contributed by atoms with Gasteiger partial charge in [-0.1, -0.05) is 32.1 Å². The van der Waals surface area contributed by atoms with Gasteiger partial charge in [0.05, 0.1) is 12.0 Å². The Labute approximate surface area is 104 Å². The zero-order chi connectivity index (χ0) is 11.5. The molecule has 1 aromatic rings. The molecule has 1 aliphatic heterocycles. The summed E-state index contributed by atoms with van der Waals surface area (Å²) in [5.41, 5.74) is 2.76. The number of nitrogens with zero attached hydrogens (tertiary/aromatic N) is 2. The Balaban J connectivity index is 1.59. The van der Waals surface area contributed by atoms with Crippen LogP contribution in [0.1, 0.15) is 49.9 Å². The summed E-state index contributed by atoms with van der Waals surface area (Å²) in [6.07, 6.45) is 11.9. The maximum Gasteiger partial charge on any atom is 0.0952 e. The second-order valence-electron chi connectivity index (χ2n) is 5.55. The number of aryl methyl sites for hydroxylation is 1. The predicted molar refractivity (Wildman–Crippen MR) is 68.8 cm³/mol. The summed E-state index contributed by atoms with van der Waals surface area (Å²) in [6, 6.07) is 0. The van der Waals surface area contributed by atoms with Crippen LogP contribution in [0.2, 0.25) is 0 Å². The Kier molecular flexibility index (Phi) is 3.46. The summed E-state index contributed by atoms with van der Waals surface area (Å²) in [5.74, 6) is 0.975. The van der Waals surface area contributed by atoms with Gasteiger partial charge in [0.2, 0.25) is 0 Å². The van der Waals surface area contributed by atoms with Crippen LogP contribution in [0, 0.1) is 5.92 Å². The number of aromatic nitrogens is 2. The largest absolute Gasteiger partial charge is 0.334 e. The van der Waals surface area contributed by atoms with Crippen LogP contribution in [0.25, 0.3) is 0 Å². The fraction of sp³-hybridized carbons (Fsp3) is 0.786. The number of hydrogen-bond donors (Lipinski definition) is 1. The van der Waals surface area contributed by atoms with Gasteiger partial charge < -0.3 is 9.88 Å². The highest BCUT2D eigenvalue weighted by Gasteiger charge is 2.17. The minimum Gasteiger partial charge on any atom is -0.334 e. The van der Waals surface area contributed by atoms with Gasteiger partial charge in [-0.25, -0.2) is 4.98 Å². The second kappa shape index (κ2) is 5.21. The first-order valence-electron chi connectivity index (χ1n) is 7.17. The van der Waals surface area contributed by atoms with Gasteiger partial charge in [0, 0.05) is 31.7 Å². The van der Waals surface area contributed by atoms with E-state index in [-0.39, 0.29) is 0 Å². The number of hydrogen-bond acceptors (Lipinski definition) is 2. The first-order valence-corrected chi connectivity index (χ1v) is 7.17. The van der Waals surface area contributed by atoms with Crippen molar-refractivity contribution < 1.29 is 0 Å². The number of nitrogens with one attached hydrogen (secondary N) is 1. The molecule has 1 aromatic heterocycles. The van der Waals surface area contributed by atoms with Crippen molar-refractivity contribution in [1.82, 2.24) is 14.9 Å². The van der Waals surface area contributed by atoms with E-state index in [2.05, 4.69) is 21.2 Å². The summed E-state index contributed by atoms with van der Waals surface area (Å²) < 4.78 is 2.41. The number of imidazole rings is 1. The molecule has 3 heteroatoms. The smallest absolute Gasteiger partial charge is 0.0952 e. The summed E-state index contributed by atoms with van der Waals surface area (Å²) >= 11 is 0. The van der Waals surface area contributed by atoms with Crippen LogP contribution in [0.3, 0.4) is 0 Å². The van der Waals surface area contributed by atoms with Gasteiger partial charge in [0.15, 0.2) is 0 Å². The van der Waals surface area contributed by atoms with E-state index in [4.69, 9.17) is 0 Å². The van der Waals surface area contributed by atoms with Gasteiger partial charge in [-0.15, -0.1) is 0 Å². The average Bonchev–Trinajstić information content (AvgIpc) is 2.81. The molecule has 0 spiro atoms. The lowest BCUT2D eigenvalue weighted by Crippen LogP contribution is -2.25. The molecule has 3 nitrogen and oxygen atoms in total. The molecule has 0 unspecified atom stereocenters. The van der Waals surface area contributed by atoms with E-state index in [0.717, 1.165) is 25.4 Å². The molecular formula is C14H23N3. The molecule has 0 aromatic carbocycles. The SMILES string of the molecule is c1nc2c(n1CCC1CCCCC1)CCNC2. The standard InChI is InChI=1S/C14H23N3/c1-2-4-12(5-3-1)7-9-17-11-16-13-10-15-8-6-14(13)17/h11-12,15H,1-10H2. The number of fused-ring (bicyclic) bond motifs is 1.